The third-order valence-corrected chi connectivity index (χ3v) is 3.48. The second-order valence-electron chi connectivity index (χ2n) is 4.21. The lowest BCUT2D eigenvalue weighted by molar-refractivity contribution is 0.102. The van der Waals surface area contributed by atoms with E-state index >= 15 is 0 Å². The van der Waals surface area contributed by atoms with Gasteiger partial charge in [-0.25, -0.2) is 0 Å². The minimum absolute atomic E-state index is 0.0576. The molecule has 0 spiro atoms. The van der Waals surface area contributed by atoms with E-state index in [9.17, 15) is 15.0 Å². The molecule has 0 bridgehead atoms. The average molecular weight is 312 g/mol. The van der Waals surface area contributed by atoms with Crippen LogP contribution in [0, 0.1) is 6.92 Å². The molecule has 0 radical (unpaired) electrons. The van der Waals surface area contributed by atoms with Gasteiger partial charge in [-0.15, -0.1) is 0 Å². The van der Waals surface area contributed by atoms with Gasteiger partial charge in [-0.1, -0.05) is 29.3 Å². The molecule has 2 aromatic carbocycles. The number of carbonyl (C=O) groups is 1. The van der Waals surface area contributed by atoms with Crippen molar-refractivity contribution in [2.24, 2.45) is 0 Å². The van der Waals surface area contributed by atoms with Crippen molar-refractivity contribution >= 4 is 34.8 Å². The Morgan fingerprint density at radius 3 is 2.55 bits per heavy atom. The molecule has 0 saturated heterocycles. The number of phenols is 2. The van der Waals surface area contributed by atoms with E-state index in [0.717, 1.165) is 5.56 Å². The third kappa shape index (κ3) is 2.81. The largest absolute Gasteiger partial charge is 0.504 e. The van der Waals surface area contributed by atoms with Gasteiger partial charge in [0.25, 0.3) is 5.91 Å². The van der Waals surface area contributed by atoms with E-state index in [2.05, 4.69) is 5.32 Å². The zero-order valence-electron chi connectivity index (χ0n) is 10.4. The highest BCUT2D eigenvalue weighted by atomic mass is 35.5. The molecule has 4 nitrogen and oxygen atoms in total. The van der Waals surface area contributed by atoms with Crippen molar-refractivity contribution in [3.8, 4) is 11.5 Å². The third-order valence-electron chi connectivity index (χ3n) is 2.76. The molecule has 0 heterocycles. The number of nitrogens with one attached hydrogen (secondary N) is 1. The molecule has 0 aliphatic rings. The summed E-state index contributed by atoms with van der Waals surface area (Å²) in [5.41, 5.74) is 1.06. The number of para-hydroxylation sites is 1. The predicted molar refractivity (Wildman–Crippen MR) is 78.9 cm³/mol. The summed E-state index contributed by atoms with van der Waals surface area (Å²) in [6.45, 7) is 1.79. The van der Waals surface area contributed by atoms with Crippen molar-refractivity contribution in [1.82, 2.24) is 0 Å². The van der Waals surface area contributed by atoms with Gasteiger partial charge in [-0.05, 0) is 36.8 Å². The second-order valence-corrected chi connectivity index (χ2v) is 5.02. The zero-order chi connectivity index (χ0) is 14.9. The number of aromatic hydroxyl groups is 2. The van der Waals surface area contributed by atoms with Crippen LogP contribution in [0.3, 0.4) is 0 Å². The molecule has 0 unspecified atom stereocenters. The molecular weight excluding hydrogens is 301 g/mol. The predicted octanol–water partition coefficient (Wildman–Crippen LogP) is 3.97. The van der Waals surface area contributed by atoms with Gasteiger partial charge < -0.3 is 15.5 Å². The SMILES string of the molecule is Cc1cc(Cl)c(NC(=O)c2cccc(O)c2O)cc1Cl. The first-order valence-corrected chi connectivity index (χ1v) is 6.43. The first kappa shape index (κ1) is 14.5. The standard InChI is InChI=1S/C14H11Cl2NO3/c1-7-5-10(16)11(6-9(7)15)17-14(20)8-3-2-4-12(18)13(8)19/h2-6,18-19H,1H3,(H,17,20). The van der Waals surface area contributed by atoms with Crippen molar-refractivity contribution in [3.63, 3.8) is 0 Å². The van der Waals surface area contributed by atoms with Crippen LogP contribution in [0.15, 0.2) is 30.3 Å². The number of rotatable bonds is 2. The Bertz CT molecular complexity index is 686. The summed E-state index contributed by atoms with van der Waals surface area (Å²) in [5.74, 6) is -1.45. The fourth-order valence-electron chi connectivity index (χ4n) is 1.65. The molecule has 6 heteroatoms. The van der Waals surface area contributed by atoms with Gasteiger partial charge in [0.05, 0.1) is 16.3 Å². The topological polar surface area (TPSA) is 69.6 Å². The highest BCUT2D eigenvalue weighted by Gasteiger charge is 2.15. The Kier molecular flexibility index (Phi) is 4.06. The molecular formula is C14H11Cl2NO3. The number of benzene rings is 2. The molecule has 2 rings (SSSR count). The van der Waals surface area contributed by atoms with Crippen LogP contribution < -0.4 is 5.32 Å². The molecule has 1 amide bonds. The maximum atomic E-state index is 12.1. The van der Waals surface area contributed by atoms with Crippen molar-refractivity contribution < 1.29 is 15.0 Å². The van der Waals surface area contributed by atoms with Crippen LogP contribution in [0.2, 0.25) is 10.0 Å². The molecule has 0 aliphatic heterocycles. The number of carbonyl (C=O) groups excluding carboxylic acids is 1. The maximum Gasteiger partial charge on any atom is 0.259 e. The van der Waals surface area contributed by atoms with Gasteiger partial charge in [0.15, 0.2) is 11.5 Å². The Balaban J connectivity index is 2.33. The van der Waals surface area contributed by atoms with E-state index < -0.39 is 11.7 Å². The first-order chi connectivity index (χ1) is 9.40. The molecule has 0 atom stereocenters. The van der Waals surface area contributed by atoms with E-state index in [-0.39, 0.29) is 11.3 Å². The van der Waals surface area contributed by atoms with Crippen LogP contribution in [0.1, 0.15) is 15.9 Å². The van der Waals surface area contributed by atoms with Crippen LogP contribution in [0.25, 0.3) is 0 Å². The Labute approximate surface area is 125 Å². The number of amides is 1. The number of halogens is 2. The highest BCUT2D eigenvalue weighted by molar-refractivity contribution is 6.36. The van der Waals surface area contributed by atoms with Crippen LogP contribution >= 0.6 is 23.2 Å². The van der Waals surface area contributed by atoms with E-state index in [1.165, 1.54) is 24.3 Å². The Morgan fingerprint density at radius 1 is 1.15 bits per heavy atom. The highest BCUT2D eigenvalue weighted by Crippen LogP contribution is 2.32. The number of hydrogen-bond donors (Lipinski definition) is 3. The lowest BCUT2D eigenvalue weighted by atomic mass is 10.1. The number of hydrogen-bond acceptors (Lipinski definition) is 3. The molecule has 0 aromatic heterocycles. The van der Waals surface area contributed by atoms with Crippen LogP contribution in [0.4, 0.5) is 5.69 Å². The lowest BCUT2D eigenvalue weighted by Gasteiger charge is -2.10. The summed E-state index contributed by atoms with van der Waals surface area (Å²) in [7, 11) is 0. The van der Waals surface area contributed by atoms with Gasteiger partial charge in [0, 0.05) is 5.02 Å². The number of aryl methyl sites for hydroxylation is 1. The fourth-order valence-corrected chi connectivity index (χ4v) is 2.08. The molecule has 0 fully saturated rings. The van der Waals surface area contributed by atoms with E-state index in [4.69, 9.17) is 23.2 Å². The van der Waals surface area contributed by atoms with Crippen molar-refractivity contribution in [3.05, 3.63) is 51.5 Å². The van der Waals surface area contributed by atoms with Crippen molar-refractivity contribution in [1.29, 1.82) is 0 Å². The molecule has 0 saturated carbocycles. The summed E-state index contributed by atoms with van der Waals surface area (Å²) in [4.78, 5) is 12.1. The van der Waals surface area contributed by atoms with Gasteiger partial charge in [-0.3, -0.25) is 4.79 Å². The van der Waals surface area contributed by atoms with E-state index in [0.29, 0.717) is 15.7 Å². The lowest BCUT2D eigenvalue weighted by Crippen LogP contribution is -2.12. The average Bonchev–Trinajstić information content (AvgIpc) is 2.39. The van der Waals surface area contributed by atoms with Crippen LogP contribution in [-0.4, -0.2) is 16.1 Å². The smallest absolute Gasteiger partial charge is 0.259 e. The summed E-state index contributed by atoms with van der Waals surface area (Å²) in [6, 6.07) is 7.27. The molecule has 104 valence electrons. The summed E-state index contributed by atoms with van der Waals surface area (Å²) in [5, 5.41) is 22.3. The van der Waals surface area contributed by atoms with E-state index in [1.807, 2.05) is 0 Å². The monoisotopic (exact) mass is 311 g/mol. The van der Waals surface area contributed by atoms with E-state index in [1.54, 1.807) is 13.0 Å². The van der Waals surface area contributed by atoms with Crippen LogP contribution in [0.5, 0.6) is 11.5 Å². The maximum absolute atomic E-state index is 12.1. The first-order valence-electron chi connectivity index (χ1n) is 5.68. The minimum atomic E-state index is -0.597. The van der Waals surface area contributed by atoms with Crippen LogP contribution in [-0.2, 0) is 0 Å². The van der Waals surface area contributed by atoms with Gasteiger partial charge >= 0.3 is 0 Å². The zero-order valence-corrected chi connectivity index (χ0v) is 12.0. The van der Waals surface area contributed by atoms with Crippen molar-refractivity contribution in [2.75, 3.05) is 5.32 Å². The second kappa shape index (κ2) is 5.61. The van der Waals surface area contributed by atoms with Gasteiger partial charge in [-0.2, -0.15) is 0 Å². The molecule has 20 heavy (non-hydrogen) atoms. The number of phenolic OH excluding ortho intramolecular Hbond substituents is 2. The quantitative estimate of drug-likeness (QED) is 0.735. The Hall–Kier alpha value is -1.91. The van der Waals surface area contributed by atoms with Gasteiger partial charge in [0.2, 0.25) is 0 Å². The fraction of sp³-hybridized carbons (Fsp3) is 0.0714. The minimum Gasteiger partial charge on any atom is -0.504 e. The number of anilines is 1. The van der Waals surface area contributed by atoms with Gasteiger partial charge in [0.1, 0.15) is 0 Å². The summed E-state index contributed by atoms with van der Waals surface area (Å²) < 4.78 is 0. The normalized spacial score (nSPS) is 10.3. The summed E-state index contributed by atoms with van der Waals surface area (Å²) in [6.07, 6.45) is 0. The molecule has 3 N–H and O–H groups in total. The van der Waals surface area contributed by atoms with Crippen molar-refractivity contribution in [2.45, 2.75) is 6.92 Å². The summed E-state index contributed by atoms with van der Waals surface area (Å²) >= 11 is 12.0. The molecule has 2 aromatic rings. The molecule has 0 aliphatic carbocycles. The Morgan fingerprint density at radius 2 is 1.85 bits per heavy atom.